The lowest BCUT2D eigenvalue weighted by Gasteiger charge is -2.75. The van der Waals surface area contributed by atoms with Crippen molar-refractivity contribution in [1.29, 1.82) is 0 Å². The Morgan fingerprint density at radius 3 is 2.70 bits per heavy atom. The maximum Gasteiger partial charge on any atom is 0.119 e. The number of nitrogens with zero attached hydrogens (tertiary/aromatic N) is 1. The third kappa shape index (κ3) is 1.67. The van der Waals surface area contributed by atoms with Crippen LogP contribution in [0.1, 0.15) is 24.0 Å². The first-order valence-corrected chi connectivity index (χ1v) is 8.49. The summed E-state index contributed by atoms with van der Waals surface area (Å²) in [5.41, 5.74) is 4.78. The van der Waals surface area contributed by atoms with Gasteiger partial charge in [0.15, 0.2) is 0 Å². The molecule has 3 aliphatic rings. The minimum Gasteiger partial charge on any atom is -0.497 e. The van der Waals surface area contributed by atoms with Crippen LogP contribution < -0.4 is 4.74 Å². The lowest BCUT2D eigenvalue weighted by Crippen LogP contribution is -2.79. The summed E-state index contributed by atoms with van der Waals surface area (Å²) in [5, 5.41) is 0. The first kappa shape index (κ1) is 13.4. The van der Waals surface area contributed by atoms with Crippen molar-refractivity contribution in [3.63, 3.8) is 0 Å². The van der Waals surface area contributed by atoms with Gasteiger partial charge in [0.05, 0.1) is 7.11 Å². The number of benzene rings is 2. The Bertz CT molecular complexity index is 781. The fourth-order valence-corrected chi connectivity index (χ4v) is 4.89. The van der Waals surface area contributed by atoms with Gasteiger partial charge in [-0.2, -0.15) is 0 Å². The van der Waals surface area contributed by atoms with Gasteiger partial charge in [-0.25, -0.2) is 0 Å². The summed E-state index contributed by atoms with van der Waals surface area (Å²) >= 11 is 0. The van der Waals surface area contributed by atoms with E-state index >= 15 is 0 Å². The van der Waals surface area contributed by atoms with Crippen molar-refractivity contribution >= 4 is 5.57 Å². The number of hydrogen-bond acceptors (Lipinski definition) is 2. The smallest absolute Gasteiger partial charge is 0.119 e. The topological polar surface area (TPSA) is 12.5 Å². The molecule has 2 nitrogen and oxygen atoms in total. The van der Waals surface area contributed by atoms with E-state index in [0.717, 1.165) is 18.3 Å². The van der Waals surface area contributed by atoms with Crippen molar-refractivity contribution in [3.8, 4) is 5.75 Å². The molecule has 0 aromatic heterocycles. The van der Waals surface area contributed by atoms with Crippen molar-refractivity contribution in [1.82, 2.24) is 4.90 Å². The second kappa shape index (κ2) is 4.72. The summed E-state index contributed by atoms with van der Waals surface area (Å²) in [5.74, 6) is 0.958. The van der Waals surface area contributed by atoms with Crippen molar-refractivity contribution in [2.75, 3.05) is 7.11 Å². The van der Waals surface area contributed by atoms with E-state index in [-0.39, 0.29) is 0 Å². The highest BCUT2D eigenvalue weighted by atomic mass is 16.5. The van der Waals surface area contributed by atoms with Gasteiger partial charge in [-0.1, -0.05) is 48.5 Å². The van der Waals surface area contributed by atoms with Crippen LogP contribution in [0.5, 0.6) is 5.75 Å². The summed E-state index contributed by atoms with van der Waals surface area (Å²) in [4.78, 5) is 2.68. The van der Waals surface area contributed by atoms with Gasteiger partial charge in [0.25, 0.3) is 0 Å². The number of rotatable bonds is 4. The van der Waals surface area contributed by atoms with Crippen LogP contribution in [0.25, 0.3) is 5.57 Å². The Kier molecular flexibility index (Phi) is 2.75. The van der Waals surface area contributed by atoms with Crippen molar-refractivity contribution in [3.05, 3.63) is 71.8 Å². The number of ether oxygens (including phenoxy) is 1. The maximum atomic E-state index is 5.39. The third-order valence-electron chi connectivity index (χ3n) is 6.13. The highest BCUT2D eigenvalue weighted by Crippen LogP contribution is 2.70. The second-order valence-electron chi connectivity index (χ2n) is 7.01. The van der Waals surface area contributed by atoms with E-state index in [1.165, 1.54) is 24.0 Å². The molecule has 1 spiro atoms. The van der Waals surface area contributed by atoms with Gasteiger partial charge < -0.3 is 4.74 Å². The Balaban J connectivity index is 1.41. The summed E-state index contributed by atoms with van der Waals surface area (Å²) in [6.45, 7) is 1.08. The molecule has 1 heterocycles. The molecule has 3 unspecified atom stereocenters. The van der Waals surface area contributed by atoms with Gasteiger partial charge in [0, 0.05) is 24.0 Å². The summed E-state index contributed by atoms with van der Waals surface area (Å²) < 4.78 is 5.39. The van der Waals surface area contributed by atoms with Gasteiger partial charge in [-0.15, -0.1) is 0 Å². The van der Waals surface area contributed by atoms with E-state index in [1.54, 1.807) is 12.7 Å². The van der Waals surface area contributed by atoms with E-state index in [4.69, 9.17) is 4.74 Å². The summed E-state index contributed by atoms with van der Waals surface area (Å²) in [6, 6.07) is 20.8. The predicted octanol–water partition coefficient (Wildman–Crippen LogP) is 4.13. The zero-order valence-electron chi connectivity index (χ0n) is 13.4. The number of likely N-dealkylation sites (tertiary alicyclic amines) is 1. The highest BCUT2D eigenvalue weighted by Gasteiger charge is 2.70. The molecule has 1 aliphatic heterocycles. The largest absolute Gasteiger partial charge is 0.497 e. The lowest BCUT2D eigenvalue weighted by atomic mass is 9.42. The fraction of sp³-hybridized carbons (Fsp3) is 0.333. The molecular weight excluding hydrogens is 282 g/mol. The molecule has 0 amide bonds. The van der Waals surface area contributed by atoms with Crippen LogP contribution in [0, 0.1) is 5.41 Å². The van der Waals surface area contributed by atoms with E-state index in [1.807, 2.05) is 6.07 Å². The quantitative estimate of drug-likeness (QED) is 0.842. The molecule has 2 aromatic rings. The Morgan fingerprint density at radius 1 is 1.13 bits per heavy atom. The standard InChI is InChI=1S/C21H21NO/c1-23-17-9-5-8-16(12-17)18-13-20-21(18)11-10-19(21)22(20)14-15-6-3-2-4-7-15/h2-9,12-13,19-20H,10-11,14H2,1H3. The Morgan fingerprint density at radius 2 is 2.00 bits per heavy atom. The van der Waals surface area contributed by atoms with Gasteiger partial charge >= 0.3 is 0 Å². The predicted molar refractivity (Wildman–Crippen MR) is 92.2 cm³/mol. The van der Waals surface area contributed by atoms with Crippen LogP contribution in [-0.2, 0) is 6.54 Å². The average Bonchev–Trinajstić information content (AvgIpc) is 2.54. The van der Waals surface area contributed by atoms with Crippen LogP contribution >= 0.6 is 0 Å². The molecule has 2 fully saturated rings. The van der Waals surface area contributed by atoms with Crippen LogP contribution in [0.3, 0.4) is 0 Å². The van der Waals surface area contributed by atoms with Crippen LogP contribution in [0.2, 0.25) is 0 Å². The summed E-state index contributed by atoms with van der Waals surface area (Å²) in [6.07, 6.45) is 5.16. The molecule has 0 bridgehead atoms. The minimum absolute atomic E-state index is 0.446. The van der Waals surface area contributed by atoms with E-state index in [9.17, 15) is 0 Å². The van der Waals surface area contributed by atoms with Crippen molar-refractivity contribution < 1.29 is 4.74 Å². The van der Waals surface area contributed by atoms with Gasteiger partial charge in [-0.3, -0.25) is 4.90 Å². The molecule has 3 atom stereocenters. The average molecular weight is 303 g/mol. The molecule has 1 saturated heterocycles. The van der Waals surface area contributed by atoms with Crippen LogP contribution in [0.15, 0.2) is 60.7 Å². The highest BCUT2D eigenvalue weighted by molar-refractivity contribution is 5.82. The first-order valence-electron chi connectivity index (χ1n) is 8.49. The Labute approximate surface area is 137 Å². The molecule has 23 heavy (non-hydrogen) atoms. The van der Waals surface area contributed by atoms with Crippen molar-refractivity contribution in [2.45, 2.75) is 31.5 Å². The van der Waals surface area contributed by atoms with E-state index in [0.29, 0.717) is 11.5 Å². The lowest BCUT2D eigenvalue weighted by molar-refractivity contribution is -0.168. The number of methoxy groups -OCH3 is 1. The van der Waals surface area contributed by atoms with Crippen LogP contribution in [-0.4, -0.2) is 24.1 Å². The molecule has 0 radical (unpaired) electrons. The maximum absolute atomic E-state index is 5.39. The zero-order chi connectivity index (χ0) is 15.4. The number of hydrogen-bond donors (Lipinski definition) is 0. The molecule has 1 saturated carbocycles. The molecule has 2 aromatic carbocycles. The molecule has 2 aliphatic carbocycles. The number of piperidine rings is 1. The first-order chi connectivity index (χ1) is 11.3. The fourth-order valence-electron chi connectivity index (χ4n) is 4.89. The Hall–Kier alpha value is -2.06. The monoisotopic (exact) mass is 303 g/mol. The third-order valence-corrected chi connectivity index (χ3v) is 6.13. The zero-order valence-corrected chi connectivity index (χ0v) is 13.4. The molecule has 116 valence electrons. The van der Waals surface area contributed by atoms with Gasteiger partial charge in [0.2, 0.25) is 0 Å². The molecule has 5 rings (SSSR count). The normalized spacial score (nSPS) is 30.9. The molecule has 2 heteroatoms. The van der Waals surface area contributed by atoms with E-state index < -0.39 is 0 Å². The van der Waals surface area contributed by atoms with Crippen molar-refractivity contribution in [2.24, 2.45) is 5.41 Å². The van der Waals surface area contributed by atoms with E-state index in [2.05, 4.69) is 59.5 Å². The molecule has 0 N–H and O–H groups in total. The van der Waals surface area contributed by atoms with Gasteiger partial charge in [-0.05, 0) is 41.7 Å². The summed E-state index contributed by atoms with van der Waals surface area (Å²) in [7, 11) is 1.74. The molecular formula is C21H21NO. The minimum atomic E-state index is 0.446. The van der Waals surface area contributed by atoms with Gasteiger partial charge in [0.1, 0.15) is 5.75 Å². The SMILES string of the molecule is COc1cccc(C2=CC3N(Cc4ccccc4)C4CCC234)c1. The van der Waals surface area contributed by atoms with Crippen LogP contribution in [0.4, 0.5) is 0 Å². The second-order valence-corrected chi connectivity index (χ2v) is 7.01.